The predicted octanol–water partition coefficient (Wildman–Crippen LogP) is 2.99. The Bertz CT molecular complexity index is 1260. The highest BCUT2D eigenvalue weighted by molar-refractivity contribution is 7.90. The Balaban J connectivity index is 1.58. The molecule has 0 saturated carbocycles. The van der Waals surface area contributed by atoms with Crippen LogP contribution >= 0.6 is 0 Å². The molecule has 1 aliphatic rings. The number of aromatic nitrogens is 4. The highest BCUT2D eigenvalue weighted by Crippen LogP contribution is 2.26. The molecule has 3 heterocycles. The Morgan fingerprint density at radius 1 is 1.16 bits per heavy atom. The Hall–Kier alpha value is -2.94. The van der Waals surface area contributed by atoms with Crippen LogP contribution in [-0.4, -0.2) is 51.6 Å². The molecule has 1 amide bonds. The number of fused-ring (bicyclic) bond motifs is 1. The maximum atomic E-state index is 13.3. The molecule has 0 spiro atoms. The highest BCUT2D eigenvalue weighted by Gasteiger charge is 2.29. The number of carbonyl (C=O) groups is 1. The molecule has 4 rings (SSSR count). The molecule has 0 aliphatic carbocycles. The summed E-state index contributed by atoms with van der Waals surface area (Å²) in [7, 11) is -3.24. The molecule has 3 aromatic rings. The van der Waals surface area contributed by atoms with E-state index in [1.807, 2.05) is 22.6 Å². The normalized spacial score (nSPS) is 14.5. The number of sulfone groups is 1. The van der Waals surface area contributed by atoms with E-state index in [-0.39, 0.29) is 16.2 Å². The lowest BCUT2D eigenvalue weighted by Gasteiger charge is -2.27. The summed E-state index contributed by atoms with van der Waals surface area (Å²) in [5.41, 5.74) is 4.24. The predicted molar refractivity (Wildman–Crippen MR) is 122 cm³/mol. The minimum absolute atomic E-state index is 0.0224. The summed E-state index contributed by atoms with van der Waals surface area (Å²) < 4.78 is 27.0. The molecule has 0 bridgehead atoms. The average Bonchev–Trinajstić information content (AvgIpc) is 3.36. The maximum Gasteiger partial charge on any atom is 0.272 e. The van der Waals surface area contributed by atoms with Gasteiger partial charge in [-0.3, -0.25) is 9.48 Å². The van der Waals surface area contributed by atoms with Crippen LogP contribution in [0.4, 0.5) is 0 Å². The van der Waals surface area contributed by atoms with Crippen LogP contribution in [0.3, 0.4) is 0 Å². The summed E-state index contributed by atoms with van der Waals surface area (Å²) in [6.07, 6.45) is 3.65. The van der Waals surface area contributed by atoms with E-state index in [1.54, 1.807) is 35.1 Å². The summed E-state index contributed by atoms with van der Waals surface area (Å²) in [6.45, 7) is 9.96. The number of hydrogen-bond donors (Lipinski definition) is 0. The molecule has 2 aromatic heterocycles. The first kappa shape index (κ1) is 22.3. The van der Waals surface area contributed by atoms with Crippen molar-refractivity contribution in [1.82, 2.24) is 24.5 Å². The summed E-state index contributed by atoms with van der Waals surface area (Å²) in [5.74, 6) is -0.0224. The minimum Gasteiger partial charge on any atom is -0.332 e. The first-order chi connectivity index (χ1) is 15.0. The second-order valence-electron chi connectivity index (χ2n) is 9.25. The van der Waals surface area contributed by atoms with Crippen molar-refractivity contribution in [3.05, 3.63) is 59.2 Å². The number of aryl methyl sites for hydroxylation is 1. The van der Waals surface area contributed by atoms with Gasteiger partial charge >= 0.3 is 0 Å². The van der Waals surface area contributed by atoms with Gasteiger partial charge in [0.05, 0.1) is 28.2 Å². The van der Waals surface area contributed by atoms with Crippen molar-refractivity contribution in [3.63, 3.8) is 0 Å². The largest absolute Gasteiger partial charge is 0.332 e. The van der Waals surface area contributed by atoms with Gasteiger partial charge < -0.3 is 4.90 Å². The molecule has 170 valence electrons. The SMILES string of the molecule is CCn1nc(C(C)(C)C)cc1C(=O)N1CCc2c(cnn2-c2ccc(S(C)(=O)=O)cc2)C1. The molecular formula is C23H29N5O3S. The van der Waals surface area contributed by atoms with Crippen LogP contribution in [0, 0.1) is 0 Å². The van der Waals surface area contributed by atoms with Gasteiger partial charge in [-0.2, -0.15) is 10.2 Å². The fraction of sp³-hybridized carbons (Fsp3) is 0.435. The van der Waals surface area contributed by atoms with E-state index in [1.165, 1.54) is 6.26 Å². The van der Waals surface area contributed by atoms with Gasteiger partial charge in [0.25, 0.3) is 5.91 Å². The third-order valence-corrected chi connectivity index (χ3v) is 6.93. The molecule has 0 saturated heterocycles. The van der Waals surface area contributed by atoms with E-state index in [0.717, 1.165) is 22.6 Å². The Morgan fingerprint density at radius 2 is 1.84 bits per heavy atom. The van der Waals surface area contributed by atoms with E-state index >= 15 is 0 Å². The molecule has 0 unspecified atom stereocenters. The van der Waals surface area contributed by atoms with Crippen molar-refractivity contribution in [1.29, 1.82) is 0 Å². The van der Waals surface area contributed by atoms with E-state index in [9.17, 15) is 13.2 Å². The molecule has 0 radical (unpaired) electrons. The average molecular weight is 456 g/mol. The Kier molecular flexibility index (Phi) is 5.48. The molecule has 0 fully saturated rings. The lowest BCUT2D eigenvalue weighted by molar-refractivity contribution is 0.0721. The number of carbonyl (C=O) groups excluding carboxylic acids is 1. The van der Waals surface area contributed by atoms with Gasteiger partial charge in [0, 0.05) is 43.3 Å². The standard InChI is InChI=1S/C23H29N5O3S/c1-6-27-20(13-21(25-27)23(2,3)4)22(29)26-12-11-19-16(15-26)14-24-28(19)17-7-9-18(10-8-17)32(5,30)31/h7-10,13-14H,6,11-12,15H2,1-5H3. The smallest absolute Gasteiger partial charge is 0.272 e. The van der Waals surface area contributed by atoms with Crippen molar-refractivity contribution in [2.75, 3.05) is 12.8 Å². The summed E-state index contributed by atoms with van der Waals surface area (Å²) in [4.78, 5) is 15.4. The highest BCUT2D eigenvalue weighted by atomic mass is 32.2. The minimum atomic E-state index is -3.24. The van der Waals surface area contributed by atoms with Gasteiger partial charge in [0.15, 0.2) is 9.84 Å². The number of hydrogen-bond acceptors (Lipinski definition) is 5. The lowest BCUT2D eigenvalue weighted by atomic mass is 9.92. The number of nitrogens with zero attached hydrogens (tertiary/aromatic N) is 5. The van der Waals surface area contributed by atoms with Gasteiger partial charge in [0.1, 0.15) is 5.69 Å². The van der Waals surface area contributed by atoms with E-state index in [2.05, 4.69) is 31.0 Å². The molecule has 0 atom stereocenters. The van der Waals surface area contributed by atoms with Crippen LogP contribution < -0.4 is 0 Å². The van der Waals surface area contributed by atoms with Crippen molar-refractivity contribution in [2.24, 2.45) is 0 Å². The van der Waals surface area contributed by atoms with Crippen molar-refractivity contribution >= 4 is 15.7 Å². The zero-order valence-electron chi connectivity index (χ0n) is 19.2. The van der Waals surface area contributed by atoms with Gasteiger partial charge in [-0.1, -0.05) is 20.8 Å². The third-order valence-electron chi connectivity index (χ3n) is 5.80. The first-order valence-electron chi connectivity index (χ1n) is 10.7. The fourth-order valence-corrected chi connectivity index (χ4v) is 4.55. The van der Waals surface area contributed by atoms with Crippen LogP contribution in [0.5, 0.6) is 0 Å². The molecule has 32 heavy (non-hydrogen) atoms. The zero-order chi connectivity index (χ0) is 23.3. The summed E-state index contributed by atoms with van der Waals surface area (Å²) in [6, 6.07) is 8.62. The summed E-state index contributed by atoms with van der Waals surface area (Å²) in [5, 5.41) is 9.15. The molecule has 0 N–H and O–H groups in total. The quantitative estimate of drug-likeness (QED) is 0.603. The van der Waals surface area contributed by atoms with E-state index in [4.69, 9.17) is 0 Å². The van der Waals surface area contributed by atoms with E-state index < -0.39 is 9.84 Å². The number of rotatable bonds is 4. The molecule has 8 nitrogen and oxygen atoms in total. The number of benzene rings is 1. The van der Waals surface area contributed by atoms with Crippen LogP contribution in [0.1, 0.15) is 55.1 Å². The Morgan fingerprint density at radius 3 is 2.44 bits per heavy atom. The van der Waals surface area contributed by atoms with Gasteiger partial charge in [-0.25, -0.2) is 13.1 Å². The fourth-order valence-electron chi connectivity index (χ4n) is 3.92. The first-order valence-corrected chi connectivity index (χ1v) is 12.6. The molecule has 1 aromatic carbocycles. The van der Waals surface area contributed by atoms with Crippen LogP contribution in [0.25, 0.3) is 5.69 Å². The molecule has 9 heteroatoms. The van der Waals surface area contributed by atoms with Gasteiger partial charge in [0.2, 0.25) is 0 Å². The second kappa shape index (κ2) is 7.88. The van der Waals surface area contributed by atoms with Crippen molar-refractivity contribution < 1.29 is 13.2 Å². The molecule has 1 aliphatic heterocycles. The van der Waals surface area contributed by atoms with Gasteiger partial charge in [-0.05, 0) is 37.3 Å². The van der Waals surface area contributed by atoms with E-state index in [0.29, 0.717) is 31.7 Å². The summed E-state index contributed by atoms with van der Waals surface area (Å²) >= 11 is 0. The van der Waals surface area contributed by atoms with Crippen LogP contribution in [0.15, 0.2) is 41.4 Å². The zero-order valence-corrected chi connectivity index (χ0v) is 20.0. The Labute approximate surface area is 188 Å². The second-order valence-corrected chi connectivity index (χ2v) is 11.3. The van der Waals surface area contributed by atoms with Crippen LogP contribution in [0.2, 0.25) is 0 Å². The van der Waals surface area contributed by atoms with Gasteiger partial charge in [-0.15, -0.1) is 0 Å². The third kappa shape index (κ3) is 4.09. The molecular weight excluding hydrogens is 426 g/mol. The number of amides is 1. The lowest BCUT2D eigenvalue weighted by Crippen LogP contribution is -2.37. The van der Waals surface area contributed by atoms with Crippen LogP contribution in [-0.2, 0) is 34.8 Å². The monoisotopic (exact) mass is 455 g/mol. The topological polar surface area (TPSA) is 90.1 Å². The van der Waals surface area contributed by atoms with Crippen molar-refractivity contribution in [2.45, 2.75) is 57.5 Å². The maximum absolute atomic E-state index is 13.3. The van der Waals surface area contributed by atoms with Crippen molar-refractivity contribution in [3.8, 4) is 5.69 Å².